The smallest absolute Gasteiger partial charge is 0.236 e. The van der Waals surface area contributed by atoms with Gasteiger partial charge in [0.2, 0.25) is 5.91 Å². The average molecular weight is 436 g/mol. The Morgan fingerprint density at radius 1 is 1.26 bits per heavy atom. The van der Waals surface area contributed by atoms with Gasteiger partial charge in [-0.05, 0) is 36.2 Å². The van der Waals surface area contributed by atoms with Gasteiger partial charge in [0, 0.05) is 43.1 Å². The Morgan fingerprint density at radius 3 is 2.74 bits per heavy atom. The zero-order valence-electron chi connectivity index (χ0n) is 16.3. The average Bonchev–Trinajstić information content (AvgIpc) is 3.10. The van der Waals surface area contributed by atoms with E-state index < -0.39 is 0 Å². The Balaban J connectivity index is 2.00. The van der Waals surface area contributed by atoms with Crippen molar-refractivity contribution in [3.05, 3.63) is 58.3 Å². The second-order valence-electron chi connectivity index (χ2n) is 6.59. The van der Waals surface area contributed by atoms with E-state index in [0.29, 0.717) is 26.2 Å². The van der Waals surface area contributed by atoms with Gasteiger partial charge in [0.25, 0.3) is 0 Å². The normalized spacial score (nSPS) is 10.9. The number of methoxy groups -OCH3 is 1. The zero-order chi connectivity index (χ0) is 19.5. The monoisotopic (exact) mass is 435 g/mol. The number of benzene rings is 1. The van der Waals surface area contributed by atoms with Crippen molar-refractivity contribution in [1.29, 1.82) is 0 Å². The van der Waals surface area contributed by atoms with Crippen LogP contribution in [0.3, 0.4) is 0 Å². The van der Waals surface area contributed by atoms with Crippen molar-refractivity contribution in [1.82, 2.24) is 14.8 Å². The lowest BCUT2D eigenvalue weighted by atomic mass is 10.2. The van der Waals surface area contributed by atoms with Crippen LogP contribution in [-0.4, -0.2) is 48.7 Å². The Kier molecular flexibility index (Phi) is 9.59. The molecule has 0 atom stereocenters. The summed E-state index contributed by atoms with van der Waals surface area (Å²) in [5.74, 6) is 0.135. The van der Waals surface area contributed by atoms with Crippen molar-refractivity contribution in [2.45, 2.75) is 32.9 Å². The topological polar surface area (TPSA) is 46.5 Å². The van der Waals surface area contributed by atoms with Crippen LogP contribution in [0.5, 0.6) is 0 Å². The zero-order valence-corrected chi connectivity index (χ0v) is 17.9. The molecule has 0 spiro atoms. The van der Waals surface area contributed by atoms with E-state index in [1.54, 1.807) is 7.11 Å². The molecule has 0 unspecified atom stereocenters. The van der Waals surface area contributed by atoms with Gasteiger partial charge >= 0.3 is 0 Å². The summed E-state index contributed by atoms with van der Waals surface area (Å²) in [6.45, 7) is 6.01. The van der Waals surface area contributed by atoms with Gasteiger partial charge in [-0.2, -0.15) is 0 Å². The molecule has 1 N–H and O–H groups in total. The van der Waals surface area contributed by atoms with Gasteiger partial charge in [0.15, 0.2) is 0 Å². The fraction of sp³-hybridized carbons (Fsp3) is 0.476. The SMILES string of the molecule is CCCCN(Cc1cccn1Cc1ccc(Br)cc1)C(=O)CNCCOC. The number of hydrogen-bond acceptors (Lipinski definition) is 3. The second kappa shape index (κ2) is 12.0. The third kappa shape index (κ3) is 7.48. The number of carbonyl (C=O) groups excluding carboxylic acids is 1. The van der Waals surface area contributed by atoms with Gasteiger partial charge in [-0.3, -0.25) is 4.79 Å². The summed E-state index contributed by atoms with van der Waals surface area (Å²) >= 11 is 3.48. The predicted molar refractivity (Wildman–Crippen MR) is 113 cm³/mol. The molecule has 0 aliphatic heterocycles. The largest absolute Gasteiger partial charge is 0.383 e. The van der Waals surface area contributed by atoms with E-state index >= 15 is 0 Å². The summed E-state index contributed by atoms with van der Waals surface area (Å²) < 4.78 is 8.32. The molecule has 0 saturated heterocycles. The number of rotatable bonds is 12. The molecule has 1 aromatic heterocycles. The Labute approximate surface area is 170 Å². The van der Waals surface area contributed by atoms with E-state index in [4.69, 9.17) is 4.74 Å². The first-order valence-electron chi connectivity index (χ1n) is 9.50. The quantitative estimate of drug-likeness (QED) is 0.517. The van der Waals surface area contributed by atoms with E-state index in [-0.39, 0.29) is 5.91 Å². The third-order valence-electron chi connectivity index (χ3n) is 4.44. The first-order chi connectivity index (χ1) is 13.1. The van der Waals surface area contributed by atoms with Gasteiger partial charge < -0.3 is 19.5 Å². The molecular weight excluding hydrogens is 406 g/mol. The van der Waals surface area contributed by atoms with Crippen molar-refractivity contribution in [2.24, 2.45) is 0 Å². The molecule has 148 valence electrons. The minimum Gasteiger partial charge on any atom is -0.383 e. The fourth-order valence-electron chi connectivity index (χ4n) is 2.85. The van der Waals surface area contributed by atoms with Gasteiger partial charge in [0.05, 0.1) is 19.7 Å². The molecule has 0 aliphatic carbocycles. The molecule has 1 amide bonds. The van der Waals surface area contributed by atoms with Gasteiger partial charge in [-0.15, -0.1) is 0 Å². The van der Waals surface area contributed by atoms with E-state index in [2.05, 4.69) is 69.3 Å². The summed E-state index contributed by atoms with van der Waals surface area (Å²) in [5.41, 5.74) is 2.39. The molecule has 0 bridgehead atoms. The molecule has 2 aromatic rings. The molecule has 5 nitrogen and oxygen atoms in total. The summed E-state index contributed by atoms with van der Waals surface area (Å²) in [6.07, 6.45) is 4.16. The maximum Gasteiger partial charge on any atom is 0.236 e. The van der Waals surface area contributed by atoms with Gasteiger partial charge in [-0.1, -0.05) is 41.4 Å². The summed E-state index contributed by atoms with van der Waals surface area (Å²) in [6, 6.07) is 12.5. The molecule has 0 saturated carbocycles. The fourth-order valence-corrected chi connectivity index (χ4v) is 3.12. The highest BCUT2D eigenvalue weighted by molar-refractivity contribution is 9.10. The molecular formula is C21H30BrN3O2. The van der Waals surface area contributed by atoms with E-state index in [1.165, 1.54) is 5.56 Å². The number of nitrogens with one attached hydrogen (secondary N) is 1. The lowest BCUT2D eigenvalue weighted by Crippen LogP contribution is -2.39. The predicted octanol–water partition coefficient (Wildman–Crippen LogP) is 3.66. The van der Waals surface area contributed by atoms with Crippen LogP contribution in [0, 0.1) is 0 Å². The maximum absolute atomic E-state index is 12.7. The number of halogens is 1. The number of amides is 1. The van der Waals surface area contributed by atoms with Crippen molar-refractivity contribution in [3.8, 4) is 0 Å². The van der Waals surface area contributed by atoms with Crippen LogP contribution in [0.1, 0.15) is 31.0 Å². The Hall–Kier alpha value is -1.63. The number of nitrogens with zero attached hydrogens (tertiary/aromatic N) is 2. The first-order valence-corrected chi connectivity index (χ1v) is 10.3. The highest BCUT2D eigenvalue weighted by Crippen LogP contribution is 2.14. The summed E-state index contributed by atoms with van der Waals surface area (Å²) in [4.78, 5) is 14.6. The molecule has 0 fully saturated rings. The number of aromatic nitrogens is 1. The molecule has 27 heavy (non-hydrogen) atoms. The molecule has 6 heteroatoms. The Bertz CT molecular complexity index is 685. The molecule has 1 aromatic carbocycles. The third-order valence-corrected chi connectivity index (χ3v) is 4.96. The van der Waals surface area contributed by atoms with Crippen molar-refractivity contribution < 1.29 is 9.53 Å². The summed E-state index contributed by atoms with van der Waals surface area (Å²) in [7, 11) is 1.66. The molecule has 0 aliphatic rings. The van der Waals surface area contributed by atoms with Crippen LogP contribution in [0.15, 0.2) is 47.1 Å². The second-order valence-corrected chi connectivity index (χ2v) is 7.51. The number of unbranched alkanes of at least 4 members (excludes halogenated alkanes) is 1. The van der Waals surface area contributed by atoms with Gasteiger partial charge in [-0.25, -0.2) is 0 Å². The minimum absolute atomic E-state index is 0.135. The standard InChI is InChI=1S/C21H30BrN3O2/c1-3-4-12-25(21(26)15-23-11-14-27-2)17-20-6-5-13-24(20)16-18-7-9-19(22)10-8-18/h5-10,13,23H,3-4,11-12,14-17H2,1-2H3. The van der Waals surface area contributed by atoms with Crippen molar-refractivity contribution in [3.63, 3.8) is 0 Å². The Morgan fingerprint density at radius 2 is 2.04 bits per heavy atom. The summed E-state index contributed by atoms with van der Waals surface area (Å²) in [5, 5.41) is 3.15. The van der Waals surface area contributed by atoms with Crippen LogP contribution < -0.4 is 5.32 Å². The van der Waals surface area contributed by atoms with Crippen LogP contribution in [0.25, 0.3) is 0 Å². The van der Waals surface area contributed by atoms with E-state index in [1.807, 2.05) is 11.0 Å². The van der Waals surface area contributed by atoms with Crippen LogP contribution >= 0.6 is 15.9 Å². The van der Waals surface area contributed by atoms with Crippen LogP contribution in [-0.2, 0) is 22.6 Å². The minimum atomic E-state index is 0.135. The highest BCUT2D eigenvalue weighted by Gasteiger charge is 2.15. The van der Waals surface area contributed by atoms with Gasteiger partial charge in [0.1, 0.15) is 0 Å². The lowest BCUT2D eigenvalue weighted by Gasteiger charge is -2.24. The van der Waals surface area contributed by atoms with Crippen LogP contribution in [0.2, 0.25) is 0 Å². The molecule has 0 radical (unpaired) electrons. The number of hydrogen-bond donors (Lipinski definition) is 1. The molecule has 2 rings (SSSR count). The number of ether oxygens (including phenoxy) is 1. The highest BCUT2D eigenvalue weighted by atomic mass is 79.9. The maximum atomic E-state index is 12.7. The lowest BCUT2D eigenvalue weighted by molar-refractivity contribution is -0.131. The van der Waals surface area contributed by atoms with Crippen LogP contribution in [0.4, 0.5) is 0 Å². The van der Waals surface area contributed by atoms with Crippen molar-refractivity contribution in [2.75, 3.05) is 33.4 Å². The van der Waals surface area contributed by atoms with E-state index in [0.717, 1.165) is 36.1 Å². The molecule has 1 heterocycles. The first kappa shape index (κ1) is 21.7. The van der Waals surface area contributed by atoms with Crippen molar-refractivity contribution >= 4 is 21.8 Å². The number of carbonyl (C=O) groups is 1. The van der Waals surface area contributed by atoms with E-state index in [9.17, 15) is 4.79 Å².